The van der Waals surface area contributed by atoms with Crippen LogP contribution in [0.15, 0.2) is 72.3 Å². The third kappa shape index (κ3) is 6.21. The number of rotatable bonds is 10. The molecule has 0 spiro atoms. The van der Waals surface area contributed by atoms with Gasteiger partial charge in [-0.1, -0.05) is 61.0 Å². The summed E-state index contributed by atoms with van der Waals surface area (Å²) in [6.07, 6.45) is 2.29. The van der Waals surface area contributed by atoms with Gasteiger partial charge in [0.2, 0.25) is 0 Å². The van der Waals surface area contributed by atoms with Gasteiger partial charge >= 0.3 is 6.03 Å². The molecule has 196 valence electrons. The summed E-state index contributed by atoms with van der Waals surface area (Å²) in [4.78, 5) is 39.6. The van der Waals surface area contributed by atoms with Crippen molar-refractivity contribution in [3.63, 3.8) is 0 Å². The van der Waals surface area contributed by atoms with Gasteiger partial charge in [-0.25, -0.2) is 4.79 Å². The molecule has 3 aromatic carbocycles. The highest BCUT2D eigenvalue weighted by molar-refractivity contribution is 6.31. The number of methoxy groups -OCH3 is 1. The van der Waals surface area contributed by atoms with E-state index in [9.17, 15) is 14.4 Å². The Bertz CT molecular complexity index is 1360. The minimum atomic E-state index is -0.786. The summed E-state index contributed by atoms with van der Waals surface area (Å²) < 4.78 is 17.1. The Kier molecular flexibility index (Phi) is 8.43. The van der Waals surface area contributed by atoms with Gasteiger partial charge in [-0.3, -0.25) is 19.8 Å². The summed E-state index contributed by atoms with van der Waals surface area (Å²) in [5, 5.41) is 2.26. The van der Waals surface area contributed by atoms with Gasteiger partial charge in [0.05, 0.1) is 20.3 Å². The molecule has 38 heavy (non-hydrogen) atoms. The zero-order valence-electron chi connectivity index (χ0n) is 21.7. The molecule has 1 N–H and O–H groups in total. The van der Waals surface area contributed by atoms with Crippen molar-refractivity contribution >= 4 is 23.9 Å². The SMILES string of the molecule is CCCOc1ccc(CN2C(=O)NC(=O)/C(=C\c3ccccc3OCc3ccc(C)cc3)C2=O)cc1OC. The number of benzene rings is 3. The molecule has 0 bridgehead atoms. The number of barbiturate groups is 1. The normalized spacial score (nSPS) is 14.4. The van der Waals surface area contributed by atoms with E-state index in [2.05, 4.69) is 5.32 Å². The lowest BCUT2D eigenvalue weighted by Crippen LogP contribution is -2.53. The lowest BCUT2D eigenvalue weighted by Gasteiger charge is -2.26. The Balaban J connectivity index is 1.55. The molecule has 0 aliphatic carbocycles. The van der Waals surface area contributed by atoms with Crippen LogP contribution >= 0.6 is 0 Å². The average Bonchev–Trinajstić information content (AvgIpc) is 2.92. The van der Waals surface area contributed by atoms with E-state index in [1.54, 1.807) is 36.4 Å². The molecule has 8 nitrogen and oxygen atoms in total. The Morgan fingerprint density at radius 3 is 2.34 bits per heavy atom. The van der Waals surface area contributed by atoms with Gasteiger partial charge < -0.3 is 14.2 Å². The molecule has 0 aromatic heterocycles. The molecule has 1 aliphatic heterocycles. The second-order valence-electron chi connectivity index (χ2n) is 8.85. The first-order chi connectivity index (χ1) is 18.4. The highest BCUT2D eigenvalue weighted by Gasteiger charge is 2.36. The maximum Gasteiger partial charge on any atom is 0.331 e. The highest BCUT2D eigenvalue weighted by Crippen LogP contribution is 2.30. The summed E-state index contributed by atoms with van der Waals surface area (Å²) in [5.41, 5.74) is 3.17. The van der Waals surface area contributed by atoms with Gasteiger partial charge in [-0.15, -0.1) is 0 Å². The third-order valence-electron chi connectivity index (χ3n) is 5.95. The van der Waals surface area contributed by atoms with Gasteiger partial charge in [0, 0.05) is 5.56 Å². The number of para-hydroxylation sites is 1. The number of hydrogen-bond donors (Lipinski definition) is 1. The summed E-state index contributed by atoms with van der Waals surface area (Å²) in [6.45, 7) is 4.83. The summed E-state index contributed by atoms with van der Waals surface area (Å²) in [5.74, 6) is 0.123. The van der Waals surface area contributed by atoms with Crippen LogP contribution in [-0.4, -0.2) is 36.5 Å². The zero-order valence-corrected chi connectivity index (χ0v) is 21.7. The lowest BCUT2D eigenvalue weighted by atomic mass is 10.1. The molecule has 4 rings (SSSR count). The number of nitrogens with one attached hydrogen (secondary N) is 1. The second kappa shape index (κ2) is 12.1. The molecule has 1 fully saturated rings. The number of nitrogens with zero attached hydrogens (tertiary/aromatic N) is 1. The number of aryl methyl sites for hydroxylation is 1. The molecule has 8 heteroatoms. The molecular formula is C30H30N2O6. The van der Waals surface area contributed by atoms with Crippen LogP contribution in [0.2, 0.25) is 0 Å². The molecule has 4 amide bonds. The van der Waals surface area contributed by atoms with Crippen molar-refractivity contribution in [2.75, 3.05) is 13.7 Å². The second-order valence-corrected chi connectivity index (χ2v) is 8.85. The van der Waals surface area contributed by atoms with E-state index in [1.165, 1.54) is 13.2 Å². The maximum absolute atomic E-state index is 13.3. The molecule has 3 aromatic rings. The van der Waals surface area contributed by atoms with Crippen molar-refractivity contribution in [3.05, 3.63) is 94.6 Å². The van der Waals surface area contributed by atoms with E-state index in [1.807, 2.05) is 44.2 Å². The number of carbonyl (C=O) groups excluding carboxylic acids is 3. The van der Waals surface area contributed by atoms with Crippen LogP contribution < -0.4 is 19.5 Å². The molecule has 1 saturated heterocycles. The van der Waals surface area contributed by atoms with E-state index in [4.69, 9.17) is 14.2 Å². The topological polar surface area (TPSA) is 94.2 Å². The quantitative estimate of drug-likeness (QED) is 0.301. The predicted octanol–water partition coefficient (Wildman–Crippen LogP) is 5.03. The fourth-order valence-electron chi connectivity index (χ4n) is 3.89. The van der Waals surface area contributed by atoms with Gasteiger partial charge in [0.1, 0.15) is 17.9 Å². The highest BCUT2D eigenvalue weighted by atomic mass is 16.5. The van der Waals surface area contributed by atoms with Crippen molar-refractivity contribution in [2.24, 2.45) is 0 Å². The van der Waals surface area contributed by atoms with Crippen LogP contribution in [0, 0.1) is 6.92 Å². The summed E-state index contributed by atoms with van der Waals surface area (Å²) >= 11 is 0. The first-order valence-electron chi connectivity index (χ1n) is 12.4. The van der Waals surface area contributed by atoms with Crippen molar-refractivity contribution in [1.29, 1.82) is 0 Å². The van der Waals surface area contributed by atoms with Crippen molar-refractivity contribution in [3.8, 4) is 17.2 Å². The molecule has 1 heterocycles. The Morgan fingerprint density at radius 2 is 1.61 bits per heavy atom. The number of urea groups is 1. The monoisotopic (exact) mass is 514 g/mol. The lowest BCUT2D eigenvalue weighted by molar-refractivity contribution is -0.130. The molecule has 0 unspecified atom stereocenters. The van der Waals surface area contributed by atoms with E-state index in [0.717, 1.165) is 22.4 Å². The van der Waals surface area contributed by atoms with Gasteiger partial charge in [-0.2, -0.15) is 0 Å². The number of ether oxygens (including phenoxy) is 3. The number of carbonyl (C=O) groups is 3. The van der Waals surface area contributed by atoms with Crippen molar-refractivity contribution in [1.82, 2.24) is 10.2 Å². The largest absolute Gasteiger partial charge is 0.493 e. The molecule has 1 aliphatic rings. The Labute approximate surface area is 221 Å². The van der Waals surface area contributed by atoms with Crippen LogP contribution in [-0.2, 0) is 22.7 Å². The Hall–Kier alpha value is -4.59. The van der Waals surface area contributed by atoms with E-state index >= 15 is 0 Å². The van der Waals surface area contributed by atoms with Crippen LogP contribution in [0.1, 0.15) is 35.6 Å². The molecule has 0 atom stereocenters. The third-order valence-corrected chi connectivity index (χ3v) is 5.95. The van der Waals surface area contributed by atoms with Crippen molar-refractivity contribution in [2.45, 2.75) is 33.4 Å². The number of amides is 4. The minimum absolute atomic E-state index is 0.0503. The molecule has 0 radical (unpaired) electrons. The standard InChI is InChI=1S/C30H30N2O6/c1-4-15-37-26-14-13-22(16-27(26)36-3)18-32-29(34)24(28(33)31-30(32)35)17-23-7-5-6-8-25(23)38-19-21-11-9-20(2)10-12-21/h5-14,16-17H,4,15,18-19H2,1-3H3,(H,31,33,35)/b24-17+. The smallest absolute Gasteiger partial charge is 0.331 e. The summed E-state index contributed by atoms with van der Waals surface area (Å²) in [7, 11) is 1.52. The predicted molar refractivity (Wildman–Crippen MR) is 143 cm³/mol. The van der Waals surface area contributed by atoms with E-state index in [0.29, 0.717) is 41.6 Å². The van der Waals surface area contributed by atoms with Gasteiger partial charge in [-0.05, 0) is 48.7 Å². The molecule has 0 saturated carbocycles. The number of imide groups is 2. The molecular weight excluding hydrogens is 484 g/mol. The first kappa shape index (κ1) is 26.5. The van der Waals surface area contributed by atoms with Crippen LogP contribution in [0.3, 0.4) is 0 Å². The Morgan fingerprint density at radius 1 is 0.868 bits per heavy atom. The van der Waals surface area contributed by atoms with Crippen LogP contribution in [0.5, 0.6) is 17.2 Å². The van der Waals surface area contributed by atoms with E-state index < -0.39 is 17.8 Å². The van der Waals surface area contributed by atoms with Gasteiger partial charge in [0.25, 0.3) is 11.8 Å². The number of hydrogen-bond acceptors (Lipinski definition) is 6. The fraction of sp³-hybridized carbons (Fsp3) is 0.233. The first-order valence-corrected chi connectivity index (χ1v) is 12.4. The van der Waals surface area contributed by atoms with Crippen LogP contribution in [0.4, 0.5) is 4.79 Å². The maximum atomic E-state index is 13.3. The average molecular weight is 515 g/mol. The zero-order chi connectivity index (χ0) is 27.1. The van der Waals surface area contributed by atoms with Crippen LogP contribution in [0.25, 0.3) is 6.08 Å². The minimum Gasteiger partial charge on any atom is -0.493 e. The van der Waals surface area contributed by atoms with Crippen molar-refractivity contribution < 1.29 is 28.6 Å². The van der Waals surface area contributed by atoms with E-state index in [-0.39, 0.29) is 12.1 Å². The van der Waals surface area contributed by atoms with Gasteiger partial charge in [0.15, 0.2) is 11.5 Å². The summed E-state index contributed by atoms with van der Waals surface area (Å²) in [6, 6.07) is 19.5. The fourth-order valence-corrected chi connectivity index (χ4v) is 3.89.